The first kappa shape index (κ1) is 11.4. The number of nitrogen functional groups attached to an aromatic ring is 1. The summed E-state index contributed by atoms with van der Waals surface area (Å²) in [5.41, 5.74) is 7.81. The van der Waals surface area contributed by atoms with E-state index in [1.807, 2.05) is 25.1 Å². The van der Waals surface area contributed by atoms with E-state index < -0.39 is 0 Å². The maximum atomic E-state index is 6.06. The number of nitrogens with two attached hydrogens (primary N) is 1. The molecule has 0 saturated heterocycles. The zero-order valence-electron chi connectivity index (χ0n) is 9.62. The molecule has 0 radical (unpaired) electrons. The van der Waals surface area contributed by atoms with E-state index in [0.717, 1.165) is 30.8 Å². The predicted molar refractivity (Wildman–Crippen MR) is 74.9 cm³/mol. The molecule has 0 fully saturated rings. The Hall–Kier alpha value is -1.66. The van der Waals surface area contributed by atoms with Gasteiger partial charge < -0.3 is 5.73 Å². The number of nitrogens with zero attached hydrogens (tertiary/aromatic N) is 3. The standard InChI is InChI=1S/C12H10N4S2/c1-7-16-9-5-10(8(13)4-11(9)17-7)18-12-2-3-14-6-15-12/h2-6H,13H2,1H3. The van der Waals surface area contributed by atoms with Gasteiger partial charge in [-0.1, -0.05) is 11.8 Å². The molecule has 0 bridgehead atoms. The second kappa shape index (κ2) is 4.55. The molecule has 0 atom stereocenters. The largest absolute Gasteiger partial charge is 0.398 e. The van der Waals surface area contributed by atoms with Gasteiger partial charge in [0.1, 0.15) is 11.4 Å². The Morgan fingerprint density at radius 3 is 3.00 bits per heavy atom. The summed E-state index contributed by atoms with van der Waals surface area (Å²) in [7, 11) is 0. The molecule has 0 saturated carbocycles. The van der Waals surface area contributed by atoms with Crippen LogP contribution in [0.25, 0.3) is 10.2 Å². The number of hydrogen-bond acceptors (Lipinski definition) is 6. The topological polar surface area (TPSA) is 64.7 Å². The third-order valence-corrected chi connectivity index (χ3v) is 4.35. The van der Waals surface area contributed by atoms with Crippen molar-refractivity contribution in [1.29, 1.82) is 0 Å². The van der Waals surface area contributed by atoms with Crippen LogP contribution < -0.4 is 5.73 Å². The fourth-order valence-electron chi connectivity index (χ4n) is 1.63. The summed E-state index contributed by atoms with van der Waals surface area (Å²) < 4.78 is 1.12. The number of rotatable bonds is 2. The van der Waals surface area contributed by atoms with Crippen molar-refractivity contribution in [3.05, 3.63) is 35.7 Å². The molecule has 0 spiro atoms. The summed E-state index contributed by atoms with van der Waals surface area (Å²) in [5, 5.41) is 1.93. The lowest BCUT2D eigenvalue weighted by molar-refractivity contribution is 1.05. The number of hydrogen-bond donors (Lipinski definition) is 1. The van der Waals surface area contributed by atoms with Gasteiger partial charge in [0, 0.05) is 16.8 Å². The fraction of sp³-hybridized carbons (Fsp3) is 0.0833. The minimum Gasteiger partial charge on any atom is -0.398 e. The minimum absolute atomic E-state index is 0.759. The Morgan fingerprint density at radius 2 is 2.22 bits per heavy atom. The molecular weight excluding hydrogens is 264 g/mol. The molecule has 0 amide bonds. The van der Waals surface area contributed by atoms with Crippen molar-refractivity contribution in [1.82, 2.24) is 15.0 Å². The monoisotopic (exact) mass is 274 g/mol. The van der Waals surface area contributed by atoms with Gasteiger partial charge in [-0.25, -0.2) is 15.0 Å². The van der Waals surface area contributed by atoms with E-state index in [-0.39, 0.29) is 0 Å². The van der Waals surface area contributed by atoms with Crippen LogP contribution in [-0.2, 0) is 0 Å². The van der Waals surface area contributed by atoms with Crippen LogP contribution in [0, 0.1) is 6.92 Å². The highest BCUT2D eigenvalue weighted by molar-refractivity contribution is 7.99. The quantitative estimate of drug-likeness (QED) is 0.574. The smallest absolute Gasteiger partial charge is 0.116 e. The van der Waals surface area contributed by atoms with Gasteiger partial charge in [-0.3, -0.25) is 0 Å². The lowest BCUT2D eigenvalue weighted by atomic mass is 10.3. The highest BCUT2D eigenvalue weighted by Crippen LogP contribution is 2.35. The summed E-state index contributed by atoms with van der Waals surface area (Å²) in [5.74, 6) is 0. The molecule has 2 heterocycles. The summed E-state index contributed by atoms with van der Waals surface area (Å²) in [4.78, 5) is 13.5. The van der Waals surface area contributed by atoms with Crippen LogP contribution in [0.3, 0.4) is 0 Å². The van der Waals surface area contributed by atoms with Crippen molar-refractivity contribution in [3.63, 3.8) is 0 Å². The average Bonchev–Trinajstić information content (AvgIpc) is 2.70. The zero-order valence-corrected chi connectivity index (χ0v) is 11.3. The summed E-state index contributed by atoms with van der Waals surface area (Å²) in [6.07, 6.45) is 3.25. The summed E-state index contributed by atoms with van der Waals surface area (Å²) >= 11 is 3.18. The van der Waals surface area contributed by atoms with Crippen LogP contribution in [0.1, 0.15) is 5.01 Å². The van der Waals surface area contributed by atoms with Crippen LogP contribution >= 0.6 is 23.1 Å². The van der Waals surface area contributed by atoms with Crippen LogP contribution in [0.4, 0.5) is 5.69 Å². The molecule has 90 valence electrons. The van der Waals surface area contributed by atoms with Gasteiger partial charge in [-0.15, -0.1) is 11.3 Å². The Morgan fingerprint density at radius 1 is 1.33 bits per heavy atom. The number of fused-ring (bicyclic) bond motifs is 1. The van der Waals surface area contributed by atoms with Gasteiger partial charge >= 0.3 is 0 Å². The molecule has 0 aliphatic heterocycles. The van der Waals surface area contributed by atoms with Crippen molar-refractivity contribution in [2.24, 2.45) is 0 Å². The second-order valence-corrected chi connectivity index (χ2v) is 6.04. The van der Waals surface area contributed by atoms with Crippen molar-refractivity contribution < 1.29 is 0 Å². The van der Waals surface area contributed by atoms with Crippen molar-refractivity contribution in [2.75, 3.05) is 5.73 Å². The average molecular weight is 274 g/mol. The van der Waals surface area contributed by atoms with Gasteiger partial charge in [-0.2, -0.15) is 0 Å². The lowest BCUT2D eigenvalue weighted by Crippen LogP contribution is -1.89. The molecule has 18 heavy (non-hydrogen) atoms. The summed E-state index contributed by atoms with van der Waals surface area (Å²) in [6, 6.07) is 5.85. The van der Waals surface area contributed by atoms with E-state index in [4.69, 9.17) is 5.73 Å². The van der Waals surface area contributed by atoms with Gasteiger partial charge in [0.15, 0.2) is 0 Å². The van der Waals surface area contributed by atoms with E-state index in [2.05, 4.69) is 15.0 Å². The van der Waals surface area contributed by atoms with E-state index in [9.17, 15) is 0 Å². The maximum Gasteiger partial charge on any atom is 0.116 e. The molecule has 0 aliphatic rings. The number of anilines is 1. The lowest BCUT2D eigenvalue weighted by Gasteiger charge is -2.04. The normalized spacial score (nSPS) is 10.9. The van der Waals surface area contributed by atoms with Gasteiger partial charge in [0.2, 0.25) is 0 Å². The second-order valence-electron chi connectivity index (χ2n) is 3.74. The number of aromatic nitrogens is 3. The van der Waals surface area contributed by atoms with Gasteiger partial charge in [0.05, 0.1) is 15.2 Å². The SMILES string of the molecule is Cc1nc2cc(Sc3ccncn3)c(N)cc2s1. The zero-order chi connectivity index (χ0) is 12.5. The van der Waals surface area contributed by atoms with E-state index in [0.29, 0.717) is 0 Å². The van der Waals surface area contributed by atoms with Gasteiger partial charge in [0.25, 0.3) is 0 Å². The summed E-state index contributed by atoms with van der Waals surface area (Å²) in [6.45, 7) is 2.00. The fourth-order valence-corrected chi connectivity index (χ4v) is 3.28. The van der Waals surface area contributed by atoms with Crippen molar-refractivity contribution in [2.45, 2.75) is 16.8 Å². The van der Waals surface area contributed by atoms with Crippen molar-refractivity contribution >= 4 is 39.0 Å². The van der Waals surface area contributed by atoms with Crippen LogP contribution in [0.5, 0.6) is 0 Å². The molecule has 3 aromatic rings. The first-order valence-electron chi connectivity index (χ1n) is 5.33. The minimum atomic E-state index is 0.759. The highest BCUT2D eigenvalue weighted by Gasteiger charge is 2.08. The van der Waals surface area contributed by atoms with Gasteiger partial charge in [-0.05, 0) is 25.1 Å². The number of aryl methyl sites for hydroxylation is 1. The molecule has 2 N–H and O–H groups in total. The highest BCUT2D eigenvalue weighted by atomic mass is 32.2. The first-order valence-corrected chi connectivity index (χ1v) is 6.96. The predicted octanol–water partition coefficient (Wildman–Crippen LogP) is 3.13. The van der Waals surface area contributed by atoms with Crippen molar-refractivity contribution in [3.8, 4) is 0 Å². The van der Waals surface area contributed by atoms with Crippen LogP contribution in [-0.4, -0.2) is 15.0 Å². The Labute approximate surface area is 112 Å². The Balaban J connectivity index is 2.03. The number of benzene rings is 1. The third-order valence-electron chi connectivity index (χ3n) is 2.40. The molecule has 6 heteroatoms. The molecular formula is C12H10N4S2. The Kier molecular flexibility index (Phi) is 2.89. The van der Waals surface area contributed by atoms with E-state index in [1.54, 1.807) is 17.5 Å². The van der Waals surface area contributed by atoms with Crippen LogP contribution in [0.2, 0.25) is 0 Å². The molecule has 1 aromatic carbocycles. The maximum absolute atomic E-state index is 6.06. The van der Waals surface area contributed by atoms with Crippen LogP contribution in [0.15, 0.2) is 40.6 Å². The number of thiazole rings is 1. The molecule has 4 nitrogen and oxygen atoms in total. The third kappa shape index (κ3) is 2.16. The molecule has 3 rings (SSSR count). The molecule has 0 unspecified atom stereocenters. The first-order chi connectivity index (χ1) is 8.72. The molecule has 2 aromatic heterocycles. The van der Waals surface area contributed by atoms with E-state index >= 15 is 0 Å². The molecule has 0 aliphatic carbocycles. The van der Waals surface area contributed by atoms with E-state index in [1.165, 1.54) is 18.1 Å². The Bertz CT molecular complexity index is 694.